The first-order valence-electron chi connectivity index (χ1n) is 9.41. The molecule has 3 N–H and O–H groups in total. The maximum absolute atomic E-state index is 14.3. The van der Waals surface area contributed by atoms with Gasteiger partial charge in [0.15, 0.2) is 5.82 Å². The normalized spacial score (nSPS) is 25.7. The predicted molar refractivity (Wildman–Crippen MR) is 95.9 cm³/mol. The summed E-state index contributed by atoms with van der Waals surface area (Å²) < 4.78 is 54.5. The largest absolute Gasteiger partial charge is 0.349 e. The molecule has 4 rings (SSSR count). The number of nitrogens with zero attached hydrogens (tertiary/aromatic N) is 3. The van der Waals surface area contributed by atoms with Crippen molar-refractivity contribution in [1.82, 2.24) is 25.9 Å². The van der Waals surface area contributed by atoms with Gasteiger partial charge in [-0.2, -0.15) is 19.1 Å². The third-order valence-corrected chi connectivity index (χ3v) is 5.71. The maximum Gasteiger partial charge on any atom is 0.333 e. The van der Waals surface area contributed by atoms with Crippen LogP contribution >= 0.6 is 0 Å². The highest BCUT2D eigenvalue weighted by atomic mass is 19.3. The van der Waals surface area contributed by atoms with Crippen molar-refractivity contribution in [2.24, 2.45) is 5.92 Å². The molecule has 0 spiro atoms. The fraction of sp³-hybridized carbons (Fsp3) is 0.421. The summed E-state index contributed by atoms with van der Waals surface area (Å²) in [5.41, 5.74) is 5.62. The number of fused-ring (bicyclic) bond motifs is 1. The molecule has 4 atom stereocenters. The Morgan fingerprint density at radius 2 is 2.10 bits per heavy atom. The number of hydrogen-bond acceptors (Lipinski definition) is 5. The quantitative estimate of drug-likeness (QED) is 0.659. The summed E-state index contributed by atoms with van der Waals surface area (Å²) in [5, 5.41) is 15.2. The van der Waals surface area contributed by atoms with Crippen molar-refractivity contribution < 1.29 is 22.4 Å². The molecule has 4 unspecified atom stereocenters. The Labute approximate surface area is 169 Å². The van der Waals surface area contributed by atoms with Gasteiger partial charge in [-0.05, 0) is 37.3 Å². The van der Waals surface area contributed by atoms with E-state index < -0.39 is 35.2 Å². The summed E-state index contributed by atoms with van der Waals surface area (Å²) in [7, 11) is 0. The van der Waals surface area contributed by atoms with E-state index in [0.29, 0.717) is 29.5 Å². The first-order valence-corrected chi connectivity index (χ1v) is 9.41. The number of halogens is 4. The van der Waals surface area contributed by atoms with Crippen LogP contribution in [0.25, 0.3) is 0 Å². The molecule has 1 saturated heterocycles. The fourth-order valence-corrected chi connectivity index (χ4v) is 4.24. The van der Waals surface area contributed by atoms with E-state index in [1.54, 1.807) is 6.07 Å². The fourth-order valence-electron chi connectivity index (χ4n) is 4.24. The zero-order valence-electron chi connectivity index (χ0n) is 15.6. The first-order chi connectivity index (χ1) is 14.4. The van der Waals surface area contributed by atoms with E-state index in [2.05, 4.69) is 21.3 Å². The van der Waals surface area contributed by atoms with Crippen LogP contribution < -0.4 is 16.2 Å². The highest BCUT2D eigenvalue weighted by molar-refractivity contribution is 5.95. The summed E-state index contributed by atoms with van der Waals surface area (Å²) >= 11 is 0. The number of rotatable bonds is 4. The van der Waals surface area contributed by atoms with Crippen molar-refractivity contribution in [1.29, 1.82) is 5.26 Å². The number of aromatic nitrogens is 2. The highest BCUT2D eigenvalue weighted by Crippen LogP contribution is 2.38. The molecule has 1 saturated carbocycles. The third kappa shape index (κ3) is 3.64. The maximum atomic E-state index is 14.3. The molecule has 2 aromatic rings. The molecule has 30 heavy (non-hydrogen) atoms. The van der Waals surface area contributed by atoms with Gasteiger partial charge in [0.25, 0.3) is 5.91 Å². The molecule has 0 radical (unpaired) electrons. The molecule has 11 heteroatoms. The van der Waals surface area contributed by atoms with Gasteiger partial charge in [0.05, 0.1) is 17.8 Å². The minimum absolute atomic E-state index is 0.0421. The van der Waals surface area contributed by atoms with Crippen molar-refractivity contribution >= 4 is 5.91 Å². The topological polar surface area (TPSA) is 94.8 Å². The Bertz CT molecular complexity index is 1000. The molecule has 1 aliphatic heterocycles. The van der Waals surface area contributed by atoms with Crippen molar-refractivity contribution in [3.63, 3.8) is 0 Å². The number of amides is 1. The number of hydrazine groups is 1. The van der Waals surface area contributed by atoms with Crippen LogP contribution in [0.15, 0.2) is 24.5 Å². The van der Waals surface area contributed by atoms with E-state index in [0.717, 1.165) is 12.1 Å². The zero-order valence-corrected chi connectivity index (χ0v) is 15.6. The second-order valence-corrected chi connectivity index (χ2v) is 7.45. The van der Waals surface area contributed by atoms with Gasteiger partial charge in [0.2, 0.25) is 0 Å². The Morgan fingerprint density at radius 1 is 1.30 bits per heavy atom. The molecule has 1 aromatic carbocycles. The van der Waals surface area contributed by atoms with Crippen LogP contribution in [0.2, 0.25) is 0 Å². The summed E-state index contributed by atoms with van der Waals surface area (Å²) in [6.45, 7) is -2.74. The van der Waals surface area contributed by atoms with Gasteiger partial charge in [-0.1, -0.05) is 0 Å². The van der Waals surface area contributed by atoms with Crippen LogP contribution in [0.4, 0.5) is 17.6 Å². The van der Waals surface area contributed by atoms with Crippen LogP contribution in [-0.4, -0.2) is 27.8 Å². The lowest BCUT2D eigenvalue weighted by atomic mass is 9.77. The molecule has 158 valence electrons. The smallest absolute Gasteiger partial charge is 0.333 e. The molecule has 0 bridgehead atoms. The number of benzene rings is 1. The van der Waals surface area contributed by atoms with Crippen LogP contribution in [0.1, 0.15) is 53.3 Å². The predicted octanol–water partition coefficient (Wildman–Crippen LogP) is 2.54. The van der Waals surface area contributed by atoms with Crippen LogP contribution in [0.5, 0.6) is 0 Å². The van der Waals surface area contributed by atoms with Crippen molar-refractivity contribution in [2.45, 2.75) is 43.9 Å². The van der Waals surface area contributed by atoms with Gasteiger partial charge < -0.3 is 5.32 Å². The summed E-state index contributed by atoms with van der Waals surface area (Å²) in [6, 6.07) is 2.85. The lowest BCUT2D eigenvalue weighted by Crippen LogP contribution is -2.44. The Hall–Kier alpha value is -2.97. The summed E-state index contributed by atoms with van der Waals surface area (Å²) in [6.07, 6.45) is 4.36. The average Bonchev–Trinajstić information content (AvgIpc) is 3.35. The number of nitriles is 1. The summed E-state index contributed by atoms with van der Waals surface area (Å²) in [4.78, 5) is 12.5. The molecule has 2 heterocycles. The number of carbonyl (C=O) groups excluding carboxylic acids is 1. The lowest BCUT2D eigenvalue weighted by molar-refractivity contribution is 0.0564. The second kappa shape index (κ2) is 8.04. The van der Waals surface area contributed by atoms with Gasteiger partial charge >= 0.3 is 6.55 Å². The molecular formula is C19H18F4N6O. The van der Waals surface area contributed by atoms with E-state index in [9.17, 15) is 22.4 Å². The van der Waals surface area contributed by atoms with Gasteiger partial charge in [0.1, 0.15) is 17.4 Å². The van der Waals surface area contributed by atoms with E-state index in [-0.39, 0.29) is 24.0 Å². The molecule has 2 fully saturated rings. The van der Waals surface area contributed by atoms with E-state index in [1.165, 1.54) is 12.4 Å². The van der Waals surface area contributed by atoms with Gasteiger partial charge in [-0.15, -0.1) is 0 Å². The Balaban J connectivity index is 1.49. The number of alkyl halides is 2. The minimum Gasteiger partial charge on any atom is -0.349 e. The van der Waals surface area contributed by atoms with Crippen molar-refractivity contribution in [3.05, 3.63) is 52.9 Å². The highest BCUT2D eigenvalue weighted by Gasteiger charge is 2.42. The summed E-state index contributed by atoms with van der Waals surface area (Å²) in [5.74, 6) is -3.20. The van der Waals surface area contributed by atoms with E-state index in [1.807, 2.05) is 0 Å². The third-order valence-electron chi connectivity index (χ3n) is 5.71. The molecule has 1 amide bonds. The van der Waals surface area contributed by atoms with Crippen LogP contribution in [0, 0.1) is 28.9 Å². The van der Waals surface area contributed by atoms with E-state index in [4.69, 9.17) is 5.26 Å². The number of hydrogen-bond donors (Lipinski definition) is 3. The van der Waals surface area contributed by atoms with Crippen LogP contribution in [-0.2, 0) is 0 Å². The lowest BCUT2D eigenvalue weighted by Gasteiger charge is -2.33. The molecule has 1 aromatic heterocycles. The molecule has 7 nitrogen and oxygen atoms in total. The van der Waals surface area contributed by atoms with Crippen LogP contribution in [0.3, 0.4) is 0 Å². The van der Waals surface area contributed by atoms with Gasteiger partial charge in [-0.25, -0.2) is 18.9 Å². The first kappa shape index (κ1) is 20.3. The van der Waals surface area contributed by atoms with Gasteiger partial charge in [-0.3, -0.25) is 10.2 Å². The van der Waals surface area contributed by atoms with Crippen molar-refractivity contribution in [3.8, 4) is 6.07 Å². The average molecular weight is 422 g/mol. The SMILES string of the molecule is N#Cc1ccc(F)c(C(=O)NC2CCC3NNC(c4cnn(C(F)F)c4)C3C2)c1F. The monoisotopic (exact) mass is 422 g/mol. The minimum atomic E-state index is -2.74. The molecule has 2 aliphatic rings. The molecule has 1 aliphatic carbocycles. The Morgan fingerprint density at radius 3 is 2.80 bits per heavy atom. The van der Waals surface area contributed by atoms with Gasteiger partial charge in [0, 0.05) is 23.8 Å². The number of carbonyl (C=O) groups is 1. The second-order valence-electron chi connectivity index (χ2n) is 7.45. The number of nitrogens with one attached hydrogen (secondary N) is 3. The molecular weight excluding hydrogens is 404 g/mol. The Kier molecular flexibility index (Phi) is 5.44. The van der Waals surface area contributed by atoms with E-state index >= 15 is 0 Å². The standard InChI is InChI=1S/C19H18F4N6O/c20-13-3-1-9(6-24)16(21)15(13)18(30)26-11-2-4-14-12(5-11)17(28-27-14)10-7-25-29(8-10)19(22)23/h1,3,7-8,11-12,14,17,19,27-28H,2,4-5H2,(H,26,30). The van der Waals surface area contributed by atoms with Crippen molar-refractivity contribution in [2.75, 3.05) is 0 Å². The zero-order chi connectivity index (χ0) is 21.4.